The standard InChI is InChI=1S/C8H20N2/c1-5-9-7(3)8(4)10-6-2/h7-10H,5-6H2,1-4H3. The second-order valence-electron chi connectivity index (χ2n) is 2.69. The van der Waals surface area contributed by atoms with E-state index in [0.29, 0.717) is 12.1 Å². The van der Waals surface area contributed by atoms with E-state index >= 15 is 0 Å². The molecule has 2 heteroatoms. The molecule has 2 atom stereocenters. The second-order valence-corrected chi connectivity index (χ2v) is 2.69. The van der Waals surface area contributed by atoms with Gasteiger partial charge in [0.1, 0.15) is 0 Å². The highest BCUT2D eigenvalue weighted by atomic mass is 15.0. The molecule has 0 aliphatic carbocycles. The van der Waals surface area contributed by atoms with E-state index in [4.69, 9.17) is 0 Å². The molecule has 2 nitrogen and oxygen atoms in total. The molecule has 0 aromatic carbocycles. The van der Waals surface area contributed by atoms with Crippen LogP contribution in [0, 0.1) is 0 Å². The van der Waals surface area contributed by atoms with Gasteiger partial charge in [0.25, 0.3) is 0 Å². The zero-order chi connectivity index (χ0) is 7.98. The van der Waals surface area contributed by atoms with Gasteiger partial charge < -0.3 is 10.6 Å². The van der Waals surface area contributed by atoms with E-state index in [1.54, 1.807) is 0 Å². The van der Waals surface area contributed by atoms with Crippen LogP contribution in [-0.2, 0) is 0 Å². The lowest BCUT2D eigenvalue weighted by atomic mass is 10.2. The lowest BCUT2D eigenvalue weighted by Gasteiger charge is -2.20. The Morgan fingerprint density at radius 2 is 1.20 bits per heavy atom. The van der Waals surface area contributed by atoms with E-state index in [-0.39, 0.29) is 0 Å². The number of likely N-dealkylation sites (N-methyl/N-ethyl adjacent to an activating group) is 2. The Hall–Kier alpha value is -0.0800. The van der Waals surface area contributed by atoms with Crippen LogP contribution in [0.5, 0.6) is 0 Å². The van der Waals surface area contributed by atoms with Gasteiger partial charge in [-0.25, -0.2) is 0 Å². The van der Waals surface area contributed by atoms with E-state index in [0.717, 1.165) is 13.1 Å². The van der Waals surface area contributed by atoms with Crippen molar-refractivity contribution < 1.29 is 0 Å². The third-order valence-corrected chi connectivity index (χ3v) is 1.80. The third-order valence-electron chi connectivity index (χ3n) is 1.80. The van der Waals surface area contributed by atoms with Crippen molar-refractivity contribution in [3.63, 3.8) is 0 Å². The van der Waals surface area contributed by atoms with Gasteiger partial charge in [-0.15, -0.1) is 0 Å². The first kappa shape index (κ1) is 9.92. The summed E-state index contributed by atoms with van der Waals surface area (Å²) in [4.78, 5) is 0. The van der Waals surface area contributed by atoms with Crippen molar-refractivity contribution in [3.05, 3.63) is 0 Å². The fraction of sp³-hybridized carbons (Fsp3) is 1.00. The van der Waals surface area contributed by atoms with Crippen LogP contribution in [0.25, 0.3) is 0 Å². The summed E-state index contributed by atoms with van der Waals surface area (Å²) in [6.45, 7) is 10.8. The fourth-order valence-electron chi connectivity index (χ4n) is 0.998. The minimum atomic E-state index is 0.574. The van der Waals surface area contributed by atoms with E-state index in [9.17, 15) is 0 Å². The van der Waals surface area contributed by atoms with Crippen LogP contribution >= 0.6 is 0 Å². The molecule has 0 aliphatic rings. The molecule has 62 valence electrons. The summed E-state index contributed by atoms with van der Waals surface area (Å²) in [5.74, 6) is 0. The van der Waals surface area contributed by atoms with Gasteiger partial charge in [0.15, 0.2) is 0 Å². The number of hydrogen-bond acceptors (Lipinski definition) is 2. The summed E-state index contributed by atoms with van der Waals surface area (Å²) in [5, 5.41) is 6.74. The van der Waals surface area contributed by atoms with Crippen molar-refractivity contribution in [1.29, 1.82) is 0 Å². The number of hydrogen-bond donors (Lipinski definition) is 2. The molecule has 0 fully saturated rings. The van der Waals surface area contributed by atoms with Gasteiger partial charge in [-0.05, 0) is 26.9 Å². The second kappa shape index (κ2) is 5.69. The van der Waals surface area contributed by atoms with Crippen molar-refractivity contribution in [1.82, 2.24) is 10.6 Å². The summed E-state index contributed by atoms with van der Waals surface area (Å²) in [6.07, 6.45) is 0. The minimum Gasteiger partial charge on any atom is -0.313 e. The third kappa shape index (κ3) is 3.85. The number of nitrogens with one attached hydrogen (secondary N) is 2. The summed E-state index contributed by atoms with van der Waals surface area (Å²) < 4.78 is 0. The fourth-order valence-corrected chi connectivity index (χ4v) is 0.998. The molecule has 2 N–H and O–H groups in total. The molecule has 0 aromatic heterocycles. The summed E-state index contributed by atoms with van der Waals surface area (Å²) in [6, 6.07) is 1.15. The minimum absolute atomic E-state index is 0.574. The molecular weight excluding hydrogens is 124 g/mol. The molecule has 10 heavy (non-hydrogen) atoms. The average Bonchev–Trinajstić information content (AvgIpc) is 1.89. The van der Waals surface area contributed by atoms with E-state index in [1.807, 2.05) is 0 Å². The lowest BCUT2D eigenvalue weighted by Crippen LogP contribution is -2.44. The van der Waals surface area contributed by atoms with Crippen molar-refractivity contribution in [2.24, 2.45) is 0 Å². The van der Waals surface area contributed by atoms with Crippen LogP contribution in [-0.4, -0.2) is 25.2 Å². The first-order valence-corrected chi connectivity index (χ1v) is 4.19. The molecule has 0 amide bonds. The first-order valence-electron chi connectivity index (χ1n) is 4.19. The Labute approximate surface area is 64.4 Å². The van der Waals surface area contributed by atoms with Crippen molar-refractivity contribution in [2.45, 2.75) is 39.8 Å². The van der Waals surface area contributed by atoms with Gasteiger partial charge in [0.2, 0.25) is 0 Å². The predicted molar refractivity (Wildman–Crippen MR) is 46.3 cm³/mol. The quantitative estimate of drug-likeness (QED) is 0.601. The summed E-state index contributed by atoms with van der Waals surface area (Å²) in [5.41, 5.74) is 0. The molecule has 0 heterocycles. The Kier molecular flexibility index (Phi) is 5.64. The smallest absolute Gasteiger partial charge is 0.0190 e. The first-order chi connectivity index (χ1) is 4.72. The largest absolute Gasteiger partial charge is 0.313 e. The molecule has 0 spiro atoms. The zero-order valence-corrected chi connectivity index (χ0v) is 7.57. The summed E-state index contributed by atoms with van der Waals surface area (Å²) in [7, 11) is 0. The van der Waals surface area contributed by atoms with Crippen LogP contribution in [0.4, 0.5) is 0 Å². The van der Waals surface area contributed by atoms with E-state index in [2.05, 4.69) is 38.3 Å². The Morgan fingerprint density at radius 1 is 0.900 bits per heavy atom. The molecule has 0 radical (unpaired) electrons. The topological polar surface area (TPSA) is 24.1 Å². The molecule has 0 rings (SSSR count). The molecule has 0 bridgehead atoms. The molecule has 0 saturated carbocycles. The molecule has 0 saturated heterocycles. The van der Waals surface area contributed by atoms with Gasteiger partial charge in [-0.3, -0.25) is 0 Å². The Morgan fingerprint density at radius 3 is 1.40 bits per heavy atom. The predicted octanol–water partition coefficient (Wildman–Crippen LogP) is 0.982. The van der Waals surface area contributed by atoms with E-state index in [1.165, 1.54) is 0 Å². The maximum Gasteiger partial charge on any atom is 0.0190 e. The maximum absolute atomic E-state index is 3.37. The monoisotopic (exact) mass is 144 g/mol. The van der Waals surface area contributed by atoms with Crippen LogP contribution in [0.15, 0.2) is 0 Å². The van der Waals surface area contributed by atoms with Crippen molar-refractivity contribution >= 4 is 0 Å². The molecule has 0 aromatic rings. The highest BCUT2D eigenvalue weighted by molar-refractivity contribution is 4.72. The van der Waals surface area contributed by atoms with Gasteiger partial charge in [-0.1, -0.05) is 13.8 Å². The summed E-state index contributed by atoms with van der Waals surface area (Å²) >= 11 is 0. The van der Waals surface area contributed by atoms with Crippen molar-refractivity contribution in [2.75, 3.05) is 13.1 Å². The van der Waals surface area contributed by atoms with Gasteiger partial charge in [0, 0.05) is 12.1 Å². The Bertz CT molecular complexity index is 63.7. The average molecular weight is 144 g/mol. The maximum atomic E-state index is 3.37. The van der Waals surface area contributed by atoms with Crippen LogP contribution in [0.1, 0.15) is 27.7 Å². The SMILES string of the molecule is CCNC(C)C(C)NCC. The van der Waals surface area contributed by atoms with Gasteiger partial charge >= 0.3 is 0 Å². The van der Waals surface area contributed by atoms with E-state index < -0.39 is 0 Å². The molecule has 2 unspecified atom stereocenters. The Balaban J connectivity index is 3.38. The zero-order valence-electron chi connectivity index (χ0n) is 7.57. The lowest BCUT2D eigenvalue weighted by molar-refractivity contribution is 0.424. The number of rotatable bonds is 5. The van der Waals surface area contributed by atoms with Crippen LogP contribution in [0.3, 0.4) is 0 Å². The van der Waals surface area contributed by atoms with Crippen LogP contribution in [0.2, 0.25) is 0 Å². The normalized spacial score (nSPS) is 16.8. The highest BCUT2D eigenvalue weighted by Crippen LogP contribution is 1.89. The van der Waals surface area contributed by atoms with Crippen LogP contribution < -0.4 is 10.6 Å². The van der Waals surface area contributed by atoms with Gasteiger partial charge in [-0.2, -0.15) is 0 Å². The highest BCUT2D eigenvalue weighted by Gasteiger charge is 2.07. The molecular formula is C8H20N2. The molecule has 0 aliphatic heterocycles. The van der Waals surface area contributed by atoms with Gasteiger partial charge in [0.05, 0.1) is 0 Å². The van der Waals surface area contributed by atoms with Crippen molar-refractivity contribution in [3.8, 4) is 0 Å².